The fraction of sp³-hybridized carbons (Fsp3) is 0.833. The van der Waals surface area contributed by atoms with Crippen molar-refractivity contribution in [1.29, 1.82) is 0 Å². The van der Waals surface area contributed by atoms with Crippen LogP contribution in [0.5, 0.6) is 0 Å². The molecule has 0 aromatic rings. The minimum atomic E-state index is -0.461. The van der Waals surface area contributed by atoms with Crippen LogP contribution < -0.4 is 10.6 Å². The van der Waals surface area contributed by atoms with E-state index >= 15 is 0 Å². The molecule has 0 aliphatic carbocycles. The lowest BCUT2D eigenvalue weighted by Gasteiger charge is -2.25. The molecule has 5 nitrogen and oxygen atoms in total. The van der Waals surface area contributed by atoms with Gasteiger partial charge in [-0.15, -0.1) is 0 Å². The topological polar surface area (TPSA) is 67.4 Å². The largest absolute Gasteiger partial charge is 0.453 e. The minimum absolute atomic E-state index is 0.0233. The van der Waals surface area contributed by atoms with E-state index < -0.39 is 6.09 Å². The Morgan fingerprint density at radius 3 is 2.47 bits per heavy atom. The first-order valence-electron chi connectivity index (χ1n) is 6.04. The van der Waals surface area contributed by atoms with Crippen molar-refractivity contribution in [2.45, 2.75) is 52.0 Å². The van der Waals surface area contributed by atoms with Crippen LogP contribution >= 0.6 is 0 Å². The Morgan fingerprint density at radius 1 is 1.29 bits per heavy atom. The number of alkyl carbamates (subject to hydrolysis) is 1. The molecule has 0 fully saturated rings. The monoisotopic (exact) mass is 244 g/mol. The first-order chi connectivity index (χ1) is 7.91. The zero-order chi connectivity index (χ0) is 13.3. The Kier molecular flexibility index (Phi) is 7.34. The molecular formula is C12H24N2O3. The lowest BCUT2D eigenvalue weighted by Crippen LogP contribution is -2.43. The van der Waals surface area contributed by atoms with E-state index in [1.807, 2.05) is 13.8 Å². The van der Waals surface area contributed by atoms with Gasteiger partial charge in [-0.2, -0.15) is 0 Å². The highest BCUT2D eigenvalue weighted by Crippen LogP contribution is 2.10. The van der Waals surface area contributed by atoms with Crippen molar-refractivity contribution in [2.24, 2.45) is 0 Å². The molecule has 2 N–H and O–H groups in total. The summed E-state index contributed by atoms with van der Waals surface area (Å²) in [6.45, 7) is 6.57. The number of carbonyl (C=O) groups excluding carboxylic acids is 2. The third kappa shape index (κ3) is 8.54. The second-order valence-corrected chi connectivity index (χ2v) is 4.70. The smallest absolute Gasteiger partial charge is 0.406 e. The molecule has 2 amide bonds. The second-order valence-electron chi connectivity index (χ2n) is 4.70. The summed E-state index contributed by atoms with van der Waals surface area (Å²) in [6, 6.07) is 0. The van der Waals surface area contributed by atoms with E-state index in [4.69, 9.17) is 0 Å². The molecule has 0 radical (unpaired) electrons. The van der Waals surface area contributed by atoms with E-state index in [9.17, 15) is 9.59 Å². The van der Waals surface area contributed by atoms with Gasteiger partial charge < -0.3 is 15.4 Å². The van der Waals surface area contributed by atoms with Gasteiger partial charge >= 0.3 is 6.09 Å². The SMILES string of the molecule is CCCC(C)(C)NC(=O)CCCNC(=O)OC. The first-order valence-corrected chi connectivity index (χ1v) is 6.04. The van der Waals surface area contributed by atoms with Gasteiger partial charge in [0.1, 0.15) is 0 Å². The quantitative estimate of drug-likeness (QED) is 0.671. The lowest BCUT2D eigenvalue weighted by molar-refractivity contribution is -0.122. The number of hydrogen-bond donors (Lipinski definition) is 2. The van der Waals surface area contributed by atoms with Crippen molar-refractivity contribution in [3.8, 4) is 0 Å². The highest BCUT2D eigenvalue weighted by Gasteiger charge is 2.18. The van der Waals surface area contributed by atoms with Crippen LogP contribution in [0.1, 0.15) is 46.5 Å². The molecule has 0 saturated heterocycles. The zero-order valence-electron chi connectivity index (χ0n) is 11.3. The molecule has 17 heavy (non-hydrogen) atoms. The Labute approximate surface area is 103 Å². The predicted octanol–water partition coefficient (Wildman–Crippen LogP) is 1.82. The van der Waals surface area contributed by atoms with Gasteiger partial charge in [0.25, 0.3) is 0 Å². The van der Waals surface area contributed by atoms with E-state index in [0.717, 1.165) is 12.8 Å². The van der Waals surface area contributed by atoms with E-state index in [1.54, 1.807) is 0 Å². The number of hydrogen-bond acceptors (Lipinski definition) is 3. The van der Waals surface area contributed by atoms with Crippen LogP contribution in [0.2, 0.25) is 0 Å². The summed E-state index contributed by atoms with van der Waals surface area (Å²) < 4.78 is 4.42. The van der Waals surface area contributed by atoms with Gasteiger partial charge in [0, 0.05) is 18.5 Å². The Bertz CT molecular complexity index is 252. The standard InChI is InChI=1S/C12H24N2O3/c1-5-8-12(2,3)14-10(15)7-6-9-13-11(16)17-4/h5-9H2,1-4H3,(H,13,16)(H,14,15). The predicted molar refractivity (Wildman–Crippen MR) is 66.8 cm³/mol. The van der Waals surface area contributed by atoms with Gasteiger partial charge in [-0.1, -0.05) is 13.3 Å². The third-order valence-corrected chi connectivity index (χ3v) is 2.39. The van der Waals surface area contributed by atoms with Gasteiger partial charge in [-0.05, 0) is 26.7 Å². The Hall–Kier alpha value is -1.26. The maximum Gasteiger partial charge on any atom is 0.406 e. The van der Waals surface area contributed by atoms with Crippen LogP contribution in [0, 0.1) is 0 Å². The minimum Gasteiger partial charge on any atom is -0.453 e. The molecule has 0 saturated carbocycles. The van der Waals surface area contributed by atoms with Gasteiger partial charge in [0.05, 0.1) is 7.11 Å². The van der Waals surface area contributed by atoms with Crippen molar-refractivity contribution in [3.05, 3.63) is 0 Å². The molecular weight excluding hydrogens is 220 g/mol. The van der Waals surface area contributed by atoms with Crippen LogP contribution in [-0.4, -0.2) is 31.2 Å². The van der Waals surface area contributed by atoms with Crippen molar-refractivity contribution < 1.29 is 14.3 Å². The maximum absolute atomic E-state index is 11.6. The summed E-state index contributed by atoms with van der Waals surface area (Å²) in [5, 5.41) is 5.51. The van der Waals surface area contributed by atoms with Crippen LogP contribution in [0.4, 0.5) is 4.79 Å². The van der Waals surface area contributed by atoms with Crippen LogP contribution in [0.3, 0.4) is 0 Å². The van der Waals surface area contributed by atoms with E-state index in [1.165, 1.54) is 7.11 Å². The van der Waals surface area contributed by atoms with Crippen molar-refractivity contribution in [3.63, 3.8) is 0 Å². The normalized spacial score (nSPS) is 10.8. The van der Waals surface area contributed by atoms with Crippen molar-refractivity contribution in [2.75, 3.05) is 13.7 Å². The molecule has 5 heteroatoms. The van der Waals surface area contributed by atoms with E-state index in [2.05, 4.69) is 22.3 Å². The van der Waals surface area contributed by atoms with Crippen molar-refractivity contribution in [1.82, 2.24) is 10.6 Å². The average molecular weight is 244 g/mol. The molecule has 0 aromatic carbocycles. The number of amides is 2. The molecule has 0 unspecified atom stereocenters. The molecule has 0 aliphatic rings. The Balaban J connectivity index is 3.69. The zero-order valence-corrected chi connectivity index (χ0v) is 11.3. The fourth-order valence-corrected chi connectivity index (χ4v) is 1.64. The van der Waals surface area contributed by atoms with Gasteiger partial charge in [0.15, 0.2) is 0 Å². The maximum atomic E-state index is 11.6. The lowest BCUT2D eigenvalue weighted by atomic mass is 9.99. The van der Waals surface area contributed by atoms with E-state index in [-0.39, 0.29) is 11.4 Å². The molecule has 0 aromatic heterocycles. The number of nitrogens with one attached hydrogen (secondary N) is 2. The second kappa shape index (κ2) is 7.92. The van der Waals surface area contributed by atoms with Gasteiger partial charge in [-0.3, -0.25) is 4.79 Å². The summed E-state index contributed by atoms with van der Waals surface area (Å²) >= 11 is 0. The van der Waals surface area contributed by atoms with Gasteiger partial charge in [0.2, 0.25) is 5.91 Å². The summed E-state index contributed by atoms with van der Waals surface area (Å²) in [5.74, 6) is 0.0233. The highest BCUT2D eigenvalue weighted by molar-refractivity contribution is 5.76. The third-order valence-electron chi connectivity index (χ3n) is 2.39. The van der Waals surface area contributed by atoms with Crippen LogP contribution in [0.25, 0.3) is 0 Å². The number of rotatable bonds is 7. The summed E-state index contributed by atoms with van der Waals surface area (Å²) in [5.41, 5.74) is -0.151. The molecule has 0 atom stereocenters. The highest BCUT2D eigenvalue weighted by atomic mass is 16.5. The van der Waals surface area contributed by atoms with E-state index in [0.29, 0.717) is 19.4 Å². The van der Waals surface area contributed by atoms with Gasteiger partial charge in [-0.25, -0.2) is 4.79 Å². The molecule has 0 spiro atoms. The average Bonchev–Trinajstić information content (AvgIpc) is 2.23. The number of ether oxygens (including phenoxy) is 1. The summed E-state index contributed by atoms with van der Waals surface area (Å²) in [4.78, 5) is 22.3. The number of methoxy groups -OCH3 is 1. The Morgan fingerprint density at radius 2 is 1.94 bits per heavy atom. The van der Waals surface area contributed by atoms with Crippen LogP contribution in [0.15, 0.2) is 0 Å². The van der Waals surface area contributed by atoms with Crippen molar-refractivity contribution >= 4 is 12.0 Å². The molecule has 100 valence electrons. The molecule has 0 rings (SSSR count). The molecule has 0 bridgehead atoms. The van der Waals surface area contributed by atoms with Crippen LogP contribution in [-0.2, 0) is 9.53 Å². The summed E-state index contributed by atoms with van der Waals surface area (Å²) in [6.07, 6.45) is 2.56. The first kappa shape index (κ1) is 15.7. The summed E-state index contributed by atoms with van der Waals surface area (Å²) in [7, 11) is 1.31. The molecule has 0 aliphatic heterocycles. The fourth-order valence-electron chi connectivity index (χ4n) is 1.64. The molecule has 0 heterocycles. The number of carbonyl (C=O) groups is 2.